The van der Waals surface area contributed by atoms with Crippen molar-refractivity contribution in [2.75, 3.05) is 0 Å². The van der Waals surface area contributed by atoms with Crippen LogP contribution in [0.3, 0.4) is 0 Å². The minimum Gasteiger partial charge on any atom is -0.382 e. The van der Waals surface area contributed by atoms with Crippen LogP contribution in [0.15, 0.2) is 34.5 Å². The monoisotopic (exact) mass is 220 g/mol. The summed E-state index contributed by atoms with van der Waals surface area (Å²) in [6, 6.07) is 1.65. The Morgan fingerprint density at radius 1 is 1.40 bits per heavy atom. The van der Waals surface area contributed by atoms with Crippen LogP contribution >= 0.6 is 12.2 Å². The van der Waals surface area contributed by atoms with Crippen molar-refractivity contribution in [2.24, 2.45) is 21.7 Å². The second-order valence-electron chi connectivity index (χ2n) is 3.04. The van der Waals surface area contributed by atoms with Crippen molar-refractivity contribution >= 4 is 17.6 Å². The van der Waals surface area contributed by atoms with Crippen molar-refractivity contribution in [3.05, 3.63) is 35.7 Å². The zero-order chi connectivity index (χ0) is 10.9. The molecule has 0 fully saturated rings. The SMILES string of the molecule is NC1=CC(N)(c2cc(C=S)ncn2)N=N1. The highest BCUT2D eigenvalue weighted by Crippen LogP contribution is 2.25. The molecule has 1 atom stereocenters. The van der Waals surface area contributed by atoms with Crippen molar-refractivity contribution in [3.8, 4) is 0 Å². The molecule has 0 aliphatic carbocycles. The lowest BCUT2D eigenvalue weighted by Crippen LogP contribution is -2.32. The molecule has 0 bridgehead atoms. The third kappa shape index (κ3) is 1.74. The molecule has 1 aliphatic rings. The molecule has 0 amide bonds. The quantitative estimate of drug-likeness (QED) is 0.693. The van der Waals surface area contributed by atoms with Gasteiger partial charge in [-0.2, -0.15) is 5.11 Å². The average molecular weight is 220 g/mol. The number of azo groups is 1. The normalized spacial score (nSPS) is 23.9. The third-order valence-electron chi connectivity index (χ3n) is 1.92. The molecule has 76 valence electrons. The van der Waals surface area contributed by atoms with Gasteiger partial charge in [0, 0.05) is 11.4 Å². The van der Waals surface area contributed by atoms with Gasteiger partial charge in [-0.3, -0.25) is 5.73 Å². The predicted molar refractivity (Wildman–Crippen MR) is 57.8 cm³/mol. The first-order valence-corrected chi connectivity index (χ1v) is 4.59. The van der Waals surface area contributed by atoms with Gasteiger partial charge < -0.3 is 5.73 Å². The van der Waals surface area contributed by atoms with Crippen LogP contribution in [0.2, 0.25) is 0 Å². The molecule has 0 radical (unpaired) electrons. The number of thiocarbonyl (C=S) groups is 1. The van der Waals surface area contributed by atoms with E-state index in [0.717, 1.165) is 0 Å². The maximum absolute atomic E-state index is 5.94. The van der Waals surface area contributed by atoms with Gasteiger partial charge in [-0.25, -0.2) is 9.97 Å². The molecule has 1 unspecified atom stereocenters. The van der Waals surface area contributed by atoms with Gasteiger partial charge in [0.1, 0.15) is 12.1 Å². The summed E-state index contributed by atoms with van der Waals surface area (Å²) in [7, 11) is 0. The van der Waals surface area contributed by atoms with E-state index >= 15 is 0 Å². The van der Waals surface area contributed by atoms with E-state index < -0.39 is 5.66 Å². The molecule has 1 aliphatic heterocycles. The Kier molecular flexibility index (Phi) is 2.25. The number of aromatic nitrogens is 2. The van der Waals surface area contributed by atoms with Crippen molar-refractivity contribution in [3.63, 3.8) is 0 Å². The molecule has 15 heavy (non-hydrogen) atoms. The summed E-state index contributed by atoms with van der Waals surface area (Å²) in [4.78, 5) is 7.95. The maximum Gasteiger partial charge on any atom is 0.194 e. The summed E-state index contributed by atoms with van der Waals surface area (Å²) < 4.78 is 0. The lowest BCUT2D eigenvalue weighted by molar-refractivity contribution is 0.563. The first-order chi connectivity index (χ1) is 7.14. The standard InChI is InChI=1S/C8H8N6S/c9-7-2-8(10,14-13-7)6-1-5(3-15)11-4-12-6/h1-4H,9-10H2. The first-order valence-electron chi connectivity index (χ1n) is 4.12. The molecule has 2 heterocycles. The van der Waals surface area contributed by atoms with Gasteiger partial charge >= 0.3 is 0 Å². The van der Waals surface area contributed by atoms with Gasteiger partial charge in [0.15, 0.2) is 5.66 Å². The van der Waals surface area contributed by atoms with Crippen LogP contribution in [0.4, 0.5) is 0 Å². The molecule has 0 spiro atoms. The minimum absolute atomic E-state index is 0.278. The number of rotatable bonds is 2. The molecule has 4 N–H and O–H groups in total. The second kappa shape index (κ2) is 3.44. The molecule has 0 saturated carbocycles. The molecule has 2 rings (SSSR count). The highest BCUT2D eigenvalue weighted by Gasteiger charge is 2.30. The highest BCUT2D eigenvalue weighted by atomic mass is 32.1. The largest absolute Gasteiger partial charge is 0.382 e. The Balaban J connectivity index is 2.46. The Morgan fingerprint density at radius 2 is 2.20 bits per heavy atom. The molecule has 0 saturated heterocycles. The average Bonchev–Trinajstić information content (AvgIpc) is 2.60. The van der Waals surface area contributed by atoms with Gasteiger partial charge in [0.25, 0.3) is 0 Å². The van der Waals surface area contributed by atoms with Crippen LogP contribution in [0.5, 0.6) is 0 Å². The fourth-order valence-electron chi connectivity index (χ4n) is 1.20. The van der Waals surface area contributed by atoms with E-state index in [1.165, 1.54) is 17.8 Å². The third-order valence-corrected chi connectivity index (χ3v) is 2.16. The summed E-state index contributed by atoms with van der Waals surface area (Å²) in [6.45, 7) is 0. The fourth-order valence-corrected chi connectivity index (χ4v) is 1.33. The maximum atomic E-state index is 5.94. The Bertz CT molecular complexity index is 468. The second-order valence-corrected chi connectivity index (χ2v) is 3.28. The summed E-state index contributed by atoms with van der Waals surface area (Å²) in [6.07, 6.45) is 2.91. The number of hydrogen-bond donors (Lipinski definition) is 2. The fraction of sp³-hybridized carbons (Fsp3) is 0.125. The lowest BCUT2D eigenvalue weighted by Gasteiger charge is -2.14. The number of hydrogen-bond acceptors (Lipinski definition) is 7. The molecule has 6 nitrogen and oxygen atoms in total. The van der Waals surface area contributed by atoms with Crippen molar-refractivity contribution in [1.82, 2.24) is 9.97 Å². The molecule has 1 aromatic heterocycles. The molecule has 1 aromatic rings. The zero-order valence-electron chi connectivity index (χ0n) is 7.66. The van der Waals surface area contributed by atoms with Crippen LogP contribution in [0.25, 0.3) is 0 Å². The van der Waals surface area contributed by atoms with E-state index in [4.69, 9.17) is 23.7 Å². The van der Waals surface area contributed by atoms with Gasteiger partial charge in [-0.15, -0.1) is 5.11 Å². The van der Waals surface area contributed by atoms with Crippen molar-refractivity contribution in [2.45, 2.75) is 5.66 Å². The highest BCUT2D eigenvalue weighted by molar-refractivity contribution is 7.79. The Hall–Kier alpha value is -1.73. The van der Waals surface area contributed by atoms with Crippen LogP contribution in [-0.2, 0) is 5.66 Å². The first kappa shape index (κ1) is 9.81. The van der Waals surface area contributed by atoms with Gasteiger partial charge in [-0.1, -0.05) is 12.2 Å². The van der Waals surface area contributed by atoms with Gasteiger partial charge in [0.05, 0.1) is 11.4 Å². The summed E-state index contributed by atoms with van der Waals surface area (Å²) in [5, 5.41) is 8.94. The van der Waals surface area contributed by atoms with E-state index in [0.29, 0.717) is 11.4 Å². The Labute approximate surface area is 91.1 Å². The smallest absolute Gasteiger partial charge is 0.194 e. The zero-order valence-corrected chi connectivity index (χ0v) is 8.48. The predicted octanol–water partition coefficient (Wildman–Crippen LogP) is 0.202. The van der Waals surface area contributed by atoms with Gasteiger partial charge in [0.2, 0.25) is 0 Å². The molecule has 0 aromatic carbocycles. The van der Waals surface area contributed by atoms with Crippen LogP contribution in [0, 0.1) is 0 Å². The van der Waals surface area contributed by atoms with E-state index in [1.807, 2.05) is 0 Å². The van der Waals surface area contributed by atoms with Crippen LogP contribution in [0.1, 0.15) is 11.4 Å². The van der Waals surface area contributed by atoms with E-state index in [9.17, 15) is 0 Å². The van der Waals surface area contributed by atoms with Crippen molar-refractivity contribution < 1.29 is 0 Å². The van der Waals surface area contributed by atoms with E-state index in [2.05, 4.69) is 20.2 Å². The summed E-state index contributed by atoms with van der Waals surface area (Å²) in [5.74, 6) is 0.278. The summed E-state index contributed by atoms with van der Waals surface area (Å²) >= 11 is 4.76. The van der Waals surface area contributed by atoms with E-state index in [1.54, 1.807) is 6.07 Å². The van der Waals surface area contributed by atoms with Gasteiger partial charge in [-0.05, 0) is 6.07 Å². The van der Waals surface area contributed by atoms with Crippen molar-refractivity contribution in [1.29, 1.82) is 0 Å². The van der Waals surface area contributed by atoms with E-state index in [-0.39, 0.29) is 5.82 Å². The minimum atomic E-state index is -1.10. The molecule has 7 heteroatoms. The van der Waals surface area contributed by atoms with Crippen LogP contribution < -0.4 is 11.5 Å². The lowest BCUT2D eigenvalue weighted by atomic mass is 10.1. The molecular formula is C8H8N6S. The molecular weight excluding hydrogens is 212 g/mol. The van der Waals surface area contributed by atoms with Crippen LogP contribution in [-0.4, -0.2) is 15.3 Å². The summed E-state index contributed by atoms with van der Waals surface area (Å²) in [5.41, 5.74) is 11.4. The number of nitrogens with zero attached hydrogens (tertiary/aromatic N) is 4. The Morgan fingerprint density at radius 3 is 2.80 bits per heavy atom. The number of nitrogens with two attached hydrogens (primary N) is 2. The topological polar surface area (TPSA) is 103 Å².